The predicted octanol–water partition coefficient (Wildman–Crippen LogP) is 1.18. The van der Waals surface area contributed by atoms with E-state index in [2.05, 4.69) is 0 Å². The minimum absolute atomic E-state index is 0.00774. The molecule has 0 amide bonds. The van der Waals surface area contributed by atoms with Gasteiger partial charge >= 0.3 is 5.97 Å². The van der Waals surface area contributed by atoms with Crippen molar-refractivity contribution in [2.24, 2.45) is 5.92 Å². The van der Waals surface area contributed by atoms with E-state index in [1.807, 2.05) is 0 Å². The molecule has 78 valence electrons. The highest BCUT2D eigenvalue weighted by Crippen LogP contribution is 2.22. The van der Waals surface area contributed by atoms with Crippen LogP contribution >= 0.6 is 0 Å². The van der Waals surface area contributed by atoms with Gasteiger partial charge in [-0.3, -0.25) is 14.4 Å². The summed E-state index contributed by atoms with van der Waals surface area (Å²) in [5, 5.41) is 8.39. The van der Waals surface area contributed by atoms with Crippen LogP contribution in [0, 0.1) is 5.92 Å². The molecule has 0 radical (unpaired) electrons. The van der Waals surface area contributed by atoms with E-state index < -0.39 is 11.9 Å². The van der Waals surface area contributed by atoms with Crippen molar-refractivity contribution in [2.45, 2.75) is 38.5 Å². The van der Waals surface area contributed by atoms with Crippen LogP contribution in [0.5, 0.6) is 0 Å². The lowest BCUT2D eigenvalue weighted by Gasteiger charge is -2.18. The number of aliphatic carboxylic acids is 1. The van der Waals surface area contributed by atoms with Crippen molar-refractivity contribution < 1.29 is 19.5 Å². The van der Waals surface area contributed by atoms with Gasteiger partial charge in [-0.25, -0.2) is 0 Å². The average molecular weight is 198 g/mol. The Kier molecular flexibility index (Phi) is 3.80. The van der Waals surface area contributed by atoms with Crippen molar-refractivity contribution in [3.8, 4) is 0 Å². The summed E-state index contributed by atoms with van der Waals surface area (Å²) in [6.07, 6.45) is 2.67. The summed E-state index contributed by atoms with van der Waals surface area (Å²) in [5.41, 5.74) is 0. The first-order chi connectivity index (χ1) is 6.61. The lowest BCUT2D eigenvalue weighted by atomic mass is 9.84. The number of carboxylic acids is 1. The smallest absolute Gasteiger partial charge is 0.303 e. The van der Waals surface area contributed by atoms with Crippen LogP contribution in [0.4, 0.5) is 0 Å². The van der Waals surface area contributed by atoms with Crippen LogP contribution in [0.3, 0.4) is 0 Å². The zero-order chi connectivity index (χ0) is 10.6. The molecule has 0 spiro atoms. The van der Waals surface area contributed by atoms with Crippen LogP contribution in [0.2, 0.25) is 0 Å². The Labute approximate surface area is 82.3 Å². The Bertz CT molecular complexity index is 257. The molecule has 1 aliphatic rings. The standard InChI is InChI=1S/C10H14O4/c11-8-4-2-1-3-7(8)9(12)5-6-10(13)14/h7H,1-6H2,(H,13,14)/t7-/m1/s1. The Morgan fingerprint density at radius 1 is 1.29 bits per heavy atom. The van der Waals surface area contributed by atoms with Crippen molar-refractivity contribution >= 4 is 17.5 Å². The van der Waals surface area contributed by atoms with Gasteiger partial charge < -0.3 is 5.11 Å². The van der Waals surface area contributed by atoms with Gasteiger partial charge in [0.2, 0.25) is 0 Å². The number of hydrogen-bond acceptors (Lipinski definition) is 3. The second-order valence-corrected chi connectivity index (χ2v) is 3.62. The molecule has 1 aliphatic carbocycles. The van der Waals surface area contributed by atoms with Gasteiger partial charge in [0, 0.05) is 12.8 Å². The molecule has 1 atom stereocenters. The predicted molar refractivity (Wildman–Crippen MR) is 48.8 cm³/mol. The summed E-state index contributed by atoms with van der Waals surface area (Å²) in [5.74, 6) is -1.70. The number of hydrogen-bond donors (Lipinski definition) is 1. The minimum atomic E-state index is -0.985. The molecule has 4 heteroatoms. The first kappa shape index (κ1) is 10.9. The molecule has 0 unspecified atom stereocenters. The maximum atomic E-state index is 11.4. The third kappa shape index (κ3) is 2.94. The fraction of sp³-hybridized carbons (Fsp3) is 0.700. The number of rotatable bonds is 4. The van der Waals surface area contributed by atoms with Gasteiger partial charge in [0.15, 0.2) is 0 Å². The van der Waals surface area contributed by atoms with Gasteiger partial charge in [-0.1, -0.05) is 6.42 Å². The summed E-state index contributed by atoms with van der Waals surface area (Å²) >= 11 is 0. The Morgan fingerprint density at radius 2 is 2.00 bits per heavy atom. The lowest BCUT2D eigenvalue weighted by Crippen LogP contribution is -2.27. The molecule has 0 heterocycles. The van der Waals surface area contributed by atoms with E-state index in [-0.39, 0.29) is 24.4 Å². The van der Waals surface area contributed by atoms with Crippen LogP contribution in [-0.2, 0) is 14.4 Å². The summed E-state index contributed by atoms with van der Waals surface area (Å²) in [6.45, 7) is 0. The summed E-state index contributed by atoms with van der Waals surface area (Å²) < 4.78 is 0. The third-order valence-electron chi connectivity index (χ3n) is 2.53. The Hall–Kier alpha value is -1.19. The van der Waals surface area contributed by atoms with Gasteiger partial charge in [-0.05, 0) is 12.8 Å². The monoisotopic (exact) mass is 198 g/mol. The Balaban J connectivity index is 2.42. The number of Topliss-reactive ketones (excluding diaryl/α,β-unsaturated/α-hetero) is 2. The summed E-state index contributed by atoms with van der Waals surface area (Å²) in [7, 11) is 0. The average Bonchev–Trinajstić information content (AvgIpc) is 2.15. The van der Waals surface area contributed by atoms with Crippen molar-refractivity contribution in [1.82, 2.24) is 0 Å². The van der Waals surface area contributed by atoms with Crippen molar-refractivity contribution in [1.29, 1.82) is 0 Å². The third-order valence-corrected chi connectivity index (χ3v) is 2.53. The van der Waals surface area contributed by atoms with Crippen LogP contribution in [0.15, 0.2) is 0 Å². The lowest BCUT2D eigenvalue weighted by molar-refractivity contribution is -0.141. The first-order valence-corrected chi connectivity index (χ1v) is 4.88. The molecule has 1 saturated carbocycles. The van der Waals surface area contributed by atoms with E-state index in [0.29, 0.717) is 12.8 Å². The SMILES string of the molecule is O=C(O)CCC(=O)[C@@H]1CCCCC1=O. The molecule has 4 nitrogen and oxygen atoms in total. The molecule has 0 aromatic heterocycles. The Morgan fingerprint density at radius 3 is 2.57 bits per heavy atom. The van der Waals surface area contributed by atoms with E-state index in [1.54, 1.807) is 0 Å². The second-order valence-electron chi connectivity index (χ2n) is 3.62. The summed E-state index contributed by atoms with van der Waals surface area (Å²) in [6, 6.07) is 0. The van der Waals surface area contributed by atoms with Crippen molar-refractivity contribution in [3.63, 3.8) is 0 Å². The van der Waals surface area contributed by atoms with Gasteiger partial charge in [-0.2, -0.15) is 0 Å². The molecular weight excluding hydrogens is 184 g/mol. The molecule has 1 rings (SSSR count). The normalized spacial score (nSPS) is 22.0. The molecule has 0 aromatic carbocycles. The first-order valence-electron chi connectivity index (χ1n) is 4.88. The number of ketones is 2. The quantitative estimate of drug-likeness (QED) is 0.688. The maximum Gasteiger partial charge on any atom is 0.303 e. The highest BCUT2D eigenvalue weighted by Gasteiger charge is 2.28. The van der Waals surface area contributed by atoms with E-state index in [0.717, 1.165) is 12.8 Å². The highest BCUT2D eigenvalue weighted by molar-refractivity contribution is 6.03. The topological polar surface area (TPSA) is 71.4 Å². The zero-order valence-electron chi connectivity index (χ0n) is 7.99. The van der Waals surface area contributed by atoms with Gasteiger partial charge in [0.25, 0.3) is 0 Å². The maximum absolute atomic E-state index is 11.4. The molecule has 0 bridgehead atoms. The number of carbonyl (C=O) groups excluding carboxylic acids is 2. The van der Waals surface area contributed by atoms with Gasteiger partial charge in [0.05, 0.1) is 12.3 Å². The van der Waals surface area contributed by atoms with Crippen LogP contribution in [0.1, 0.15) is 38.5 Å². The highest BCUT2D eigenvalue weighted by atomic mass is 16.4. The second kappa shape index (κ2) is 4.88. The minimum Gasteiger partial charge on any atom is -0.481 e. The largest absolute Gasteiger partial charge is 0.481 e. The molecular formula is C10H14O4. The van der Waals surface area contributed by atoms with E-state index in [9.17, 15) is 14.4 Å². The molecule has 0 saturated heterocycles. The molecule has 0 aromatic rings. The van der Waals surface area contributed by atoms with Crippen LogP contribution < -0.4 is 0 Å². The van der Waals surface area contributed by atoms with Gasteiger partial charge in [-0.15, -0.1) is 0 Å². The van der Waals surface area contributed by atoms with Crippen molar-refractivity contribution in [3.05, 3.63) is 0 Å². The van der Waals surface area contributed by atoms with Crippen LogP contribution in [-0.4, -0.2) is 22.6 Å². The van der Waals surface area contributed by atoms with E-state index in [4.69, 9.17) is 5.11 Å². The van der Waals surface area contributed by atoms with Crippen LogP contribution in [0.25, 0.3) is 0 Å². The molecule has 0 aliphatic heterocycles. The molecule has 1 N–H and O–H groups in total. The van der Waals surface area contributed by atoms with E-state index >= 15 is 0 Å². The van der Waals surface area contributed by atoms with Crippen molar-refractivity contribution in [2.75, 3.05) is 0 Å². The molecule has 14 heavy (non-hydrogen) atoms. The fourth-order valence-electron chi connectivity index (χ4n) is 1.73. The fourth-order valence-corrected chi connectivity index (χ4v) is 1.73. The zero-order valence-corrected chi connectivity index (χ0v) is 7.99. The molecule has 1 fully saturated rings. The summed E-state index contributed by atoms with van der Waals surface area (Å²) in [4.78, 5) is 33.0. The van der Waals surface area contributed by atoms with E-state index in [1.165, 1.54) is 0 Å². The van der Waals surface area contributed by atoms with Gasteiger partial charge in [0.1, 0.15) is 11.6 Å². The number of carbonyl (C=O) groups is 3. The number of carboxylic acid groups (broad SMARTS) is 1.